The predicted molar refractivity (Wildman–Crippen MR) is 84.9 cm³/mol. The standard InChI is InChI=1S/C16H14N2O2S/c1-11-6-2-3-7-12(11)10-17-16(20)18-15(19)13-8-4-5-9-14(13)21-18/h2-9H,10H2,1H3,(H,17,20). The number of benzene rings is 2. The molecule has 0 bridgehead atoms. The van der Waals surface area contributed by atoms with E-state index in [1.54, 1.807) is 12.1 Å². The van der Waals surface area contributed by atoms with Crippen LogP contribution in [0.15, 0.2) is 53.3 Å². The number of amides is 1. The Bertz CT molecular complexity index is 864. The fourth-order valence-corrected chi connectivity index (χ4v) is 3.08. The molecule has 5 heteroatoms. The van der Waals surface area contributed by atoms with E-state index in [2.05, 4.69) is 5.32 Å². The maximum absolute atomic E-state index is 12.2. The lowest BCUT2D eigenvalue weighted by atomic mass is 10.1. The van der Waals surface area contributed by atoms with Gasteiger partial charge in [0.05, 0.1) is 10.1 Å². The highest BCUT2D eigenvalue weighted by Gasteiger charge is 2.13. The first-order valence-electron chi connectivity index (χ1n) is 6.60. The monoisotopic (exact) mass is 298 g/mol. The molecule has 0 unspecified atom stereocenters. The van der Waals surface area contributed by atoms with Crippen LogP contribution >= 0.6 is 11.5 Å². The van der Waals surface area contributed by atoms with Gasteiger partial charge in [0.25, 0.3) is 5.56 Å². The summed E-state index contributed by atoms with van der Waals surface area (Å²) in [5, 5.41) is 3.37. The molecule has 2 aromatic carbocycles. The first-order chi connectivity index (χ1) is 10.2. The molecule has 0 aliphatic carbocycles. The van der Waals surface area contributed by atoms with Gasteiger partial charge in [-0.2, -0.15) is 3.96 Å². The number of nitrogens with one attached hydrogen (secondary N) is 1. The highest BCUT2D eigenvalue weighted by atomic mass is 32.1. The van der Waals surface area contributed by atoms with Crippen molar-refractivity contribution in [1.82, 2.24) is 9.27 Å². The average Bonchev–Trinajstić information content (AvgIpc) is 2.84. The molecule has 1 amide bonds. The summed E-state index contributed by atoms with van der Waals surface area (Å²) in [6.07, 6.45) is 0. The molecule has 21 heavy (non-hydrogen) atoms. The van der Waals surface area contributed by atoms with E-state index in [1.807, 2.05) is 43.3 Å². The van der Waals surface area contributed by atoms with Crippen LogP contribution in [0, 0.1) is 6.92 Å². The number of aryl methyl sites for hydroxylation is 1. The van der Waals surface area contributed by atoms with E-state index in [4.69, 9.17) is 0 Å². The van der Waals surface area contributed by atoms with E-state index in [-0.39, 0.29) is 11.6 Å². The van der Waals surface area contributed by atoms with Gasteiger partial charge in [0.1, 0.15) is 0 Å². The van der Waals surface area contributed by atoms with Crippen molar-refractivity contribution in [3.63, 3.8) is 0 Å². The summed E-state index contributed by atoms with van der Waals surface area (Å²) >= 11 is 1.16. The van der Waals surface area contributed by atoms with Gasteiger partial charge in [-0.1, -0.05) is 36.4 Å². The lowest BCUT2D eigenvalue weighted by molar-refractivity contribution is 0.243. The largest absolute Gasteiger partial charge is 0.338 e. The molecule has 3 rings (SSSR count). The summed E-state index contributed by atoms with van der Waals surface area (Å²) in [5.74, 6) is 0. The number of fused-ring (bicyclic) bond motifs is 1. The van der Waals surface area contributed by atoms with Crippen LogP contribution < -0.4 is 10.9 Å². The van der Waals surface area contributed by atoms with Gasteiger partial charge in [-0.05, 0) is 41.7 Å². The number of rotatable bonds is 2. The first-order valence-corrected chi connectivity index (χ1v) is 7.38. The molecule has 106 valence electrons. The van der Waals surface area contributed by atoms with E-state index >= 15 is 0 Å². The Balaban J connectivity index is 1.83. The summed E-state index contributed by atoms with van der Waals surface area (Å²) in [4.78, 5) is 24.3. The fraction of sp³-hybridized carbons (Fsp3) is 0.125. The molecule has 1 heterocycles. The topological polar surface area (TPSA) is 51.1 Å². The molecule has 0 saturated heterocycles. The Morgan fingerprint density at radius 2 is 1.86 bits per heavy atom. The summed E-state index contributed by atoms with van der Waals surface area (Å²) in [7, 11) is 0. The van der Waals surface area contributed by atoms with Crippen molar-refractivity contribution in [3.05, 3.63) is 70.0 Å². The molecule has 4 nitrogen and oxygen atoms in total. The van der Waals surface area contributed by atoms with Gasteiger partial charge in [-0.25, -0.2) is 4.79 Å². The van der Waals surface area contributed by atoms with Crippen LogP contribution in [0.2, 0.25) is 0 Å². The number of nitrogens with zero attached hydrogens (tertiary/aromatic N) is 1. The molecule has 0 spiro atoms. The number of carbonyl (C=O) groups is 1. The van der Waals surface area contributed by atoms with Gasteiger partial charge in [-0.15, -0.1) is 0 Å². The highest BCUT2D eigenvalue weighted by Crippen LogP contribution is 2.15. The Kier molecular flexibility index (Phi) is 3.58. The normalized spacial score (nSPS) is 10.7. The molecular weight excluding hydrogens is 284 g/mol. The van der Waals surface area contributed by atoms with Crippen LogP contribution in [-0.4, -0.2) is 9.99 Å². The molecule has 0 radical (unpaired) electrons. The van der Waals surface area contributed by atoms with Gasteiger partial charge in [-0.3, -0.25) is 4.79 Å². The van der Waals surface area contributed by atoms with Crippen molar-refractivity contribution in [2.45, 2.75) is 13.5 Å². The van der Waals surface area contributed by atoms with Gasteiger partial charge in [0, 0.05) is 6.54 Å². The maximum Gasteiger partial charge on any atom is 0.338 e. The Morgan fingerprint density at radius 1 is 1.14 bits per heavy atom. The molecule has 0 aliphatic heterocycles. The van der Waals surface area contributed by atoms with Crippen LogP contribution in [0.5, 0.6) is 0 Å². The van der Waals surface area contributed by atoms with Crippen LogP contribution in [-0.2, 0) is 6.54 Å². The van der Waals surface area contributed by atoms with Gasteiger partial charge < -0.3 is 5.32 Å². The van der Waals surface area contributed by atoms with Crippen molar-refractivity contribution in [2.75, 3.05) is 0 Å². The minimum absolute atomic E-state index is 0.266. The van der Waals surface area contributed by atoms with E-state index in [0.717, 1.165) is 27.4 Å². The van der Waals surface area contributed by atoms with Crippen molar-refractivity contribution in [1.29, 1.82) is 0 Å². The maximum atomic E-state index is 12.2. The lowest BCUT2D eigenvalue weighted by Gasteiger charge is -2.07. The van der Waals surface area contributed by atoms with Crippen LogP contribution in [0.1, 0.15) is 11.1 Å². The number of carbonyl (C=O) groups excluding carboxylic acids is 1. The van der Waals surface area contributed by atoms with E-state index in [1.165, 1.54) is 3.96 Å². The van der Waals surface area contributed by atoms with Crippen molar-refractivity contribution in [3.8, 4) is 0 Å². The van der Waals surface area contributed by atoms with Crippen LogP contribution in [0.25, 0.3) is 10.1 Å². The Labute approximate surface area is 125 Å². The van der Waals surface area contributed by atoms with Gasteiger partial charge >= 0.3 is 6.03 Å². The van der Waals surface area contributed by atoms with E-state index in [0.29, 0.717) is 11.9 Å². The third-order valence-corrected chi connectivity index (χ3v) is 4.43. The molecule has 1 aromatic heterocycles. The Hall–Kier alpha value is -2.40. The summed E-state index contributed by atoms with van der Waals surface area (Å²) in [6, 6.07) is 14.7. The molecule has 0 aliphatic rings. The van der Waals surface area contributed by atoms with Crippen molar-refractivity contribution in [2.24, 2.45) is 0 Å². The van der Waals surface area contributed by atoms with E-state index in [9.17, 15) is 9.59 Å². The molecule has 0 saturated carbocycles. The van der Waals surface area contributed by atoms with Gasteiger partial charge in [0.15, 0.2) is 0 Å². The Morgan fingerprint density at radius 3 is 2.62 bits per heavy atom. The number of hydrogen-bond donors (Lipinski definition) is 1. The smallest absolute Gasteiger partial charge is 0.333 e. The van der Waals surface area contributed by atoms with Gasteiger partial charge in [0.2, 0.25) is 0 Å². The molecular formula is C16H14N2O2S. The van der Waals surface area contributed by atoms with Crippen LogP contribution in [0.3, 0.4) is 0 Å². The first kappa shape index (κ1) is 13.6. The lowest BCUT2D eigenvalue weighted by Crippen LogP contribution is -2.32. The SMILES string of the molecule is Cc1ccccc1CNC(=O)n1sc2ccccc2c1=O. The zero-order chi connectivity index (χ0) is 14.8. The quantitative estimate of drug-likeness (QED) is 0.790. The second-order valence-electron chi connectivity index (χ2n) is 4.77. The second kappa shape index (κ2) is 5.54. The molecule has 1 N–H and O–H groups in total. The van der Waals surface area contributed by atoms with Crippen molar-refractivity contribution >= 4 is 27.6 Å². The minimum Gasteiger partial charge on any atom is -0.333 e. The summed E-state index contributed by atoms with van der Waals surface area (Å²) < 4.78 is 1.98. The minimum atomic E-state index is -0.385. The molecule has 3 aromatic rings. The average molecular weight is 298 g/mol. The second-order valence-corrected chi connectivity index (χ2v) is 5.76. The zero-order valence-corrected chi connectivity index (χ0v) is 12.3. The van der Waals surface area contributed by atoms with E-state index < -0.39 is 0 Å². The number of aromatic nitrogens is 1. The van der Waals surface area contributed by atoms with Crippen molar-refractivity contribution < 1.29 is 4.79 Å². The molecule has 0 atom stereocenters. The predicted octanol–water partition coefficient (Wildman–Crippen LogP) is 3.13. The third kappa shape index (κ3) is 2.60. The third-order valence-electron chi connectivity index (χ3n) is 3.37. The molecule has 0 fully saturated rings. The highest BCUT2D eigenvalue weighted by molar-refractivity contribution is 7.14. The van der Waals surface area contributed by atoms with Crippen LogP contribution in [0.4, 0.5) is 4.79 Å². The fourth-order valence-electron chi connectivity index (χ4n) is 2.16. The summed E-state index contributed by atoms with van der Waals surface area (Å²) in [5.41, 5.74) is 1.89. The summed E-state index contributed by atoms with van der Waals surface area (Å²) in [6.45, 7) is 2.40. The number of hydrogen-bond acceptors (Lipinski definition) is 3. The zero-order valence-electron chi connectivity index (χ0n) is 11.5.